The van der Waals surface area contributed by atoms with E-state index in [0.717, 1.165) is 42.2 Å². The fraction of sp³-hybridized carbons (Fsp3) is 0.429. The zero-order valence-electron chi connectivity index (χ0n) is 17.4. The molecular formula is C21H22F3N5O3. The van der Waals surface area contributed by atoms with Crippen molar-refractivity contribution in [2.24, 2.45) is 0 Å². The van der Waals surface area contributed by atoms with E-state index < -0.39 is 35.4 Å². The average Bonchev–Trinajstić information content (AvgIpc) is 2.77. The van der Waals surface area contributed by atoms with Crippen LogP contribution in [0.4, 0.5) is 24.5 Å². The predicted molar refractivity (Wildman–Crippen MR) is 111 cm³/mol. The van der Waals surface area contributed by atoms with Crippen molar-refractivity contribution >= 4 is 17.3 Å². The van der Waals surface area contributed by atoms with Crippen molar-refractivity contribution in [2.45, 2.75) is 45.5 Å². The van der Waals surface area contributed by atoms with E-state index in [1.54, 1.807) is 13.0 Å². The number of anilines is 2. The summed E-state index contributed by atoms with van der Waals surface area (Å²) in [7, 11) is 0. The molecule has 2 heterocycles. The summed E-state index contributed by atoms with van der Waals surface area (Å²) in [6, 6.07) is 4.80. The first-order chi connectivity index (χ1) is 15.2. The van der Waals surface area contributed by atoms with E-state index in [-0.39, 0.29) is 17.8 Å². The topological polar surface area (TPSA) is 100 Å². The second-order valence-electron chi connectivity index (χ2n) is 7.44. The molecule has 0 radical (unpaired) electrons. The van der Waals surface area contributed by atoms with Gasteiger partial charge in [0.1, 0.15) is 18.2 Å². The van der Waals surface area contributed by atoms with Crippen LogP contribution in [0, 0.1) is 11.3 Å². The monoisotopic (exact) mass is 449 g/mol. The van der Waals surface area contributed by atoms with Gasteiger partial charge in [0.2, 0.25) is 5.91 Å². The number of hydrogen-bond donors (Lipinski definition) is 1. The molecule has 1 amide bonds. The summed E-state index contributed by atoms with van der Waals surface area (Å²) in [4.78, 5) is 39.4. The van der Waals surface area contributed by atoms with Crippen molar-refractivity contribution in [1.82, 2.24) is 9.13 Å². The number of alkyl halides is 3. The maximum atomic E-state index is 13.3. The summed E-state index contributed by atoms with van der Waals surface area (Å²) in [6.45, 7) is 2.34. The molecule has 3 rings (SSSR count). The summed E-state index contributed by atoms with van der Waals surface area (Å²) in [6.07, 6.45) is -0.726. The number of halogens is 3. The molecule has 8 nitrogen and oxygen atoms in total. The van der Waals surface area contributed by atoms with Crippen molar-refractivity contribution in [1.29, 1.82) is 5.26 Å². The van der Waals surface area contributed by atoms with E-state index in [1.807, 2.05) is 4.90 Å². The Morgan fingerprint density at radius 2 is 1.88 bits per heavy atom. The van der Waals surface area contributed by atoms with Crippen molar-refractivity contribution in [3.05, 3.63) is 56.4 Å². The third-order valence-corrected chi connectivity index (χ3v) is 5.29. The van der Waals surface area contributed by atoms with Crippen LogP contribution in [0.5, 0.6) is 0 Å². The van der Waals surface area contributed by atoms with Gasteiger partial charge in [0.05, 0.1) is 16.9 Å². The number of rotatable bonds is 5. The van der Waals surface area contributed by atoms with Gasteiger partial charge in [0.25, 0.3) is 5.56 Å². The molecule has 0 spiro atoms. The molecule has 11 heteroatoms. The third kappa shape index (κ3) is 4.85. The van der Waals surface area contributed by atoms with Crippen LogP contribution in [0.25, 0.3) is 0 Å². The minimum atomic E-state index is -4.60. The summed E-state index contributed by atoms with van der Waals surface area (Å²) < 4.78 is 41.5. The lowest BCUT2D eigenvalue weighted by atomic mass is 10.1. The molecule has 1 fully saturated rings. The minimum Gasteiger partial charge on any atom is -0.370 e. The molecule has 0 saturated carbocycles. The fourth-order valence-corrected chi connectivity index (χ4v) is 3.65. The Morgan fingerprint density at radius 3 is 2.47 bits per heavy atom. The summed E-state index contributed by atoms with van der Waals surface area (Å²) in [5.41, 5.74) is -2.57. The van der Waals surface area contributed by atoms with E-state index >= 15 is 0 Å². The van der Waals surface area contributed by atoms with Gasteiger partial charge in [0, 0.05) is 25.8 Å². The highest BCUT2D eigenvalue weighted by molar-refractivity contribution is 5.94. The number of aryl methyl sites for hydroxylation is 1. The summed E-state index contributed by atoms with van der Waals surface area (Å²) in [5.74, 6) is -0.848. The largest absolute Gasteiger partial charge is 0.416 e. The molecule has 2 aromatic rings. The van der Waals surface area contributed by atoms with Gasteiger partial charge in [-0.1, -0.05) is 0 Å². The molecule has 170 valence electrons. The third-order valence-electron chi connectivity index (χ3n) is 5.29. The lowest BCUT2D eigenvalue weighted by Crippen LogP contribution is -2.43. The van der Waals surface area contributed by atoms with Gasteiger partial charge in [-0.25, -0.2) is 9.36 Å². The number of carbonyl (C=O) groups is 1. The van der Waals surface area contributed by atoms with E-state index in [1.165, 1.54) is 6.07 Å². The fourth-order valence-electron chi connectivity index (χ4n) is 3.65. The predicted octanol–water partition coefficient (Wildman–Crippen LogP) is 2.55. The Labute approximate surface area is 181 Å². The standard InChI is InChI=1S/C21H22F3N5O3/c1-2-27-12-14(11-25)19(31)29(20(27)32)13-18(30)26-16-10-15(21(22,23)24)6-7-17(16)28-8-4-3-5-9-28/h6-7,10,12H,2-5,8-9,13H2,1H3,(H,26,30). The smallest absolute Gasteiger partial charge is 0.370 e. The molecule has 0 aliphatic carbocycles. The molecule has 0 atom stereocenters. The summed E-state index contributed by atoms with van der Waals surface area (Å²) in [5, 5.41) is 11.5. The Kier molecular flexibility index (Phi) is 6.72. The zero-order valence-corrected chi connectivity index (χ0v) is 17.4. The average molecular weight is 449 g/mol. The molecule has 1 saturated heterocycles. The Balaban J connectivity index is 1.96. The summed E-state index contributed by atoms with van der Waals surface area (Å²) >= 11 is 0. The minimum absolute atomic E-state index is 0.0490. The van der Waals surface area contributed by atoms with Crippen LogP contribution < -0.4 is 21.5 Å². The molecule has 0 unspecified atom stereocenters. The number of piperidine rings is 1. The SMILES string of the molecule is CCn1cc(C#N)c(=O)n(CC(=O)Nc2cc(C(F)(F)F)ccc2N2CCCCC2)c1=O. The molecular weight excluding hydrogens is 427 g/mol. The van der Waals surface area contributed by atoms with E-state index in [4.69, 9.17) is 5.26 Å². The Morgan fingerprint density at radius 1 is 1.19 bits per heavy atom. The molecule has 1 aromatic heterocycles. The maximum Gasteiger partial charge on any atom is 0.416 e. The number of aromatic nitrogens is 2. The van der Waals surface area contributed by atoms with Gasteiger partial charge in [-0.2, -0.15) is 18.4 Å². The number of hydrogen-bond acceptors (Lipinski definition) is 5. The van der Waals surface area contributed by atoms with Gasteiger partial charge in [-0.15, -0.1) is 0 Å². The second kappa shape index (κ2) is 9.30. The van der Waals surface area contributed by atoms with Crippen molar-refractivity contribution in [3.8, 4) is 6.07 Å². The van der Waals surface area contributed by atoms with Crippen LogP contribution in [-0.4, -0.2) is 28.1 Å². The van der Waals surface area contributed by atoms with Crippen LogP contribution in [0.2, 0.25) is 0 Å². The lowest BCUT2D eigenvalue weighted by Gasteiger charge is -2.31. The van der Waals surface area contributed by atoms with Gasteiger partial charge >= 0.3 is 11.9 Å². The van der Waals surface area contributed by atoms with Crippen LogP contribution in [0.15, 0.2) is 34.0 Å². The van der Waals surface area contributed by atoms with Crippen LogP contribution >= 0.6 is 0 Å². The van der Waals surface area contributed by atoms with Crippen molar-refractivity contribution in [3.63, 3.8) is 0 Å². The second-order valence-corrected chi connectivity index (χ2v) is 7.44. The number of amides is 1. The highest BCUT2D eigenvalue weighted by atomic mass is 19.4. The van der Waals surface area contributed by atoms with Crippen molar-refractivity contribution < 1.29 is 18.0 Å². The lowest BCUT2D eigenvalue weighted by molar-refractivity contribution is -0.137. The molecule has 1 N–H and O–H groups in total. The van der Waals surface area contributed by atoms with E-state index in [0.29, 0.717) is 23.3 Å². The Hall–Kier alpha value is -3.55. The highest BCUT2D eigenvalue weighted by Gasteiger charge is 2.32. The molecule has 32 heavy (non-hydrogen) atoms. The van der Waals surface area contributed by atoms with Crippen molar-refractivity contribution in [2.75, 3.05) is 23.3 Å². The zero-order chi connectivity index (χ0) is 23.5. The number of carbonyl (C=O) groups excluding carboxylic acids is 1. The van der Waals surface area contributed by atoms with E-state index in [2.05, 4.69) is 5.32 Å². The molecule has 0 bridgehead atoms. The molecule has 1 aliphatic rings. The number of nitriles is 1. The number of nitrogens with one attached hydrogen (secondary N) is 1. The first-order valence-electron chi connectivity index (χ1n) is 10.2. The quantitative estimate of drug-likeness (QED) is 0.756. The van der Waals surface area contributed by atoms with Gasteiger partial charge < -0.3 is 10.2 Å². The van der Waals surface area contributed by atoms with Crippen LogP contribution in [0.3, 0.4) is 0 Å². The normalized spacial score (nSPS) is 14.2. The van der Waals surface area contributed by atoms with Crippen LogP contribution in [-0.2, 0) is 24.1 Å². The Bertz CT molecular complexity index is 1170. The van der Waals surface area contributed by atoms with Gasteiger partial charge in [-0.05, 0) is 44.4 Å². The number of benzene rings is 1. The maximum absolute atomic E-state index is 13.3. The molecule has 1 aromatic carbocycles. The molecule has 1 aliphatic heterocycles. The highest BCUT2D eigenvalue weighted by Crippen LogP contribution is 2.36. The number of nitrogens with zero attached hydrogens (tertiary/aromatic N) is 4. The van der Waals surface area contributed by atoms with E-state index in [9.17, 15) is 27.6 Å². The van der Waals surface area contributed by atoms with Gasteiger partial charge in [-0.3, -0.25) is 14.2 Å². The first kappa shape index (κ1) is 23.1. The first-order valence-corrected chi connectivity index (χ1v) is 10.2. The van der Waals surface area contributed by atoms with Crippen LogP contribution in [0.1, 0.15) is 37.3 Å². The van der Waals surface area contributed by atoms with Gasteiger partial charge in [0.15, 0.2) is 0 Å².